The summed E-state index contributed by atoms with van der Waals surface area (Å²) >= 11 is 5.88. The number of hydrogen-bond donors (Lipinski definition) is 1. The normalized spacial score (nSPS) is 15.2. The molecule has 0 atom stereocenters. The van der Waals surface area contributed by atoms with Crippen LogP contribution in [0.3, 0.4) is 0 Å². The average Bonchev–Trinajstić information content (AvgIpc) is 2.64. The third-order valence-electron chi connectivity index (χ3n) is 4.59. The van der Waals surface area contributed by atoms with E-state index in [0.717, 1.165) is 43.9 Å². The molecule has 3 rings (SSSR count). The molecular formula is C19H23ClN4O. The van der Waals surface area contributed by atoms with Crippen LogP contribution in [0.1, 0.15) is 35.8 Å². The van der Waals surface area contributed by atoms with Crippen molar-refractivity contribution in [3.05, 3.63) is 52.7 Å². The Balaban J connectivity index is 1.50. The molecular weight excluding hydrogens is 336 g/mol. The maximum absolute atomic E-state index is 12.4. The number of carbonyl (C=O) groups is 1. The fraction of sp³-hybridized carbons (Fsp3) is 0.421. The number of amides is 1. The van der Waals surface area contributed by atoms with Crippen LogP contribution in [-0.4, -0.2) is 40.6 Å². The first-order chi connectivity index (χ1) is 12.1. The minimum atomic E-state index is -0.0212. The highest BCUT2D eigenvalue weighted by Gasteiger charge is 2.22. The Morgan fingerprint density at radius 1 is 1.16 bits per heavy atom. The van der Waals surface area contributed by atoms with E-state index in [1.165, 1.54) is 5.56 Å². The molecule has 132 valence electrons. The van der Waals surface area contributed by atoms with Gasteiger partial charge in [-0.1, -0.05) is 30.7 Å². The summed E-state index contributed by atoms with van der Waals surface area (Å²) in [7, 11) is 0. The van der Waals surface area contributed by atoms with Crippen molar-refractivity contribution in [2.75, 3.05) is 25.0 Å². The molecule has 1 aliphatic heterocycles. The first-order valence-electron chi connectivity index (χ1n) is 8.73. The van der Waals surface area contributed by atoms with Crippen molar-refractivity contribution in [1.82, 2.24) is 15.1 Å². The van der Waals surface area contributed by atoms with E-state index < -0.39 is 0 Å². The molecule has 5 nitrogen and oxygen atoms in total. The molecule has 1 aromatic heterocycles. The summed E-state index contributed by atoms with van der Waals surface area (Å²) in [5.74, 6) is 1.35. The fourth-order valence-corrected chi connectivity index (χ4v) is 3.03. The molecule has 1 amide bonds. The molecule has 0 radical (unpaired) electrons. The number of halogens is 1. The van der Waals surface area contributed by atoms with Gasteiger partial charge in [-0.05, 0) is 55.0 Å². The number of anilines is 1. The molecule has 2 heterocycles. The third kappa shape index (κ3) is 4.92. The Bertz CT molecular complexity index is 694. The monoisotopic (exact) mass is 358 g/mol. The lowest BCUT2D eigenvalue weighted by Gasteiger charge is -2.29. The van der Waals surface area contributed by atoms with Gasteiger partial charge in [0.25, 0.3) is 5.91 Å². The van der Waals surface area contributed by atoms with Crippen LogP contribution in [0.25, 0.3) is 0 Å². The maximum atomic E-state index is 12.4. The topological polar surface area (TPSA) is 58.1 Å². The number of nitrogens with one attached hydrogen (secondary N) is 1. The zero-order valence-corrected chi connectivity index (χ0v) is 15.2. The lowest BCUT2D eigenvalue weighted by molar-refractivity contribution is 0.0690. The van der Waals surface area contributed by atoms with Crippen LogP contribution < -0.4 is 5.32 Å². The van der Waals surface area contributed by atoms with Gasteiger partial charge >= 0.3 is 0 Å². The Morgan fingerprint density at radius 3 is 2.52 bits per heavy atom. The molecule has 0 unspecified atom stereocenters. The number of benzene rings is 1. The van der Waals surface area contributed by atoms with E-state index in [0.29, 0.717) is 17.4 Å². The average molecular weight is 359 g/mol. The molecule has 2 aromatic rings. The molecule has 6 heteroatoms. The van der Waals surface area contributed by atoms with Crippen LogP contribution in [0.15, 0.2) is 36.4 Å². The van der Waals surface area contributed by atoms with Crippen molar-refractivity contribution >= 4 is 23.3 Å². The van der Waals surface area contributed by atoms with Crippen molar-refractivity contribution < 1.29 is 4.79 Å². The minimum Gasteiger partial charge on any atom is -0.368 e. The lowest BCUT2D eigenvalue weighted by atomic mass is 9.99. The first-order valence-corrected chi connectivity index (χ1v) is 9.11. The molecule has 1 saturated heterocycles. The van der Waals surface area contributed by atoms with E-state index >= 15 is 0 Å². The fourth-order valence-electron chi connectivity index (χ4n) is 2.90. The van der Waals surface area contributed by atoms with Gasteiger partial charge in [0, 0.05) is 24.7 Å². The summed E-state index contributed by atoms with van der Waals surface area (Å²) in [4.78, 5) is 14.3. The van der Waals surface area contributed by atoms with Gasteiger partial charge in [0.1, 0.15) is 5.82 Å². The molecule has 0 aliphatic carbocycles. The second-order valence-corrected chi connectivity index (χ2v) is 7.02. The Morgan fingerprint density at radius 2 is 1.88 bits per heavy atom. The van der Waals surface area contributed by atoms with Crippen molar-refractivity contribution in [2.24, 2.45) is 5.92 Å². The van der Waals surface area contributed by atoms with Gasteiger partial charge in [-0.25, -0.2) is 0 Å². The Labute approximate surface area is 153 Å². The van der Waals surface area contributed by atoms with E-state index in [1.54, 1.807) is 6.07 Å². The van der Waals surface area contributed by atoms with Crippen LogP contribution in [0.5, 0.6) is 0 Å². The van der Waals surface area contributed by atoms with Crippen molar-refractivity contribution in [3.63, 3.8) is 0 Å². The highest BCUT2D eigenvalue weighted by atomic mass is 35.5. The van der Waals surface area contributed by atoms with Crippen molar-refractivity contribution in [2.45, 2.75) is 26.2 Å². The number of hydrogen-bond acceptors (Lipinski definition) is 4. The van der Waals surface area contributed by atoms with E-state index in [4.69, 9.17) is 11.6 Å². The maximum Gasteiger partial charge on any atom is 0.274 e. The number of aromatic nitrogens is 2. The van der Waals surface area contributed by atoms with E-state index in [2.05, 4.69) is 22.4 Å². The number of likely N-dealkylation sites (tertiary alicyclic amines) is 1. The lowest BCUT2D eigenvalue weighted by Crippen LogP contribution is -2.38. The van der Waals surface area contributed by atoms with Gasteiger partial charge in [0.05, 0.1) is 0 Å². The minimum absolute atomic E-state index is 0.0212. The third-order valence-corrected chi connectivity index (χ3v) is 4.84. The Hall–Kier alpha value is -2.14. The summed E-state index contributed by atoms with van der Waals surface area (Å²) in [6, 6.07) is 11.4. The van der Waals surface area contributed by atoms with Crippen LogP contribution in [0.2, 0.25) is 5.02 Å². The number of nitrogens with zero attached hydrogens (tertiary/aromatic N) is 3. The Kier molecular flexibility index (Phi) is 5.87. The predicted molar refractivity (Wildman–Crippen MR) is 100.0 cm³/mol. The van der Waals surface area contributed by atoms with E-state index in [-0.39, 0.29) is 5.91 Å². The first kappa shape index (κ1) is 17.7. The van der Waals surface area contributed by atoms with Crippen molar-refractivity contribution in [3.8, 4) is 0 Å². The van der Waals surface area contributed by atoms with Gasteiger partial charge in [0.2, 0.25) is 0 Å². The number of carbonyl (C=O) groups excluding carboxylic acids is 1. The quantitative estimate of drug-likeness (QED) is 0.886. The van der Waals surface area contributed by atoms with Gasteiger partial charge in [-0.2, -0.15) is 0 Å². The summed E-state index contributed by atoms with van der Waals surface area (Å²) in [5, 5.41) is 12.2. The molecule has 0 saturated carbocycles. The second kappa shape index (κ2) is 8.30. The zero-order valence-electron chi connectivity index (χ0n) is 14.4. The zero-order chi connectivity index (χ0) is 17.6. The molecule has 1 N–H and O–H groups in total. The summed E-state index contributed by atoms with van der Waals surface area (Å²) in [6.45, 7) is 4.59. The number of rotatable bonds is 5. The van der Waals surface area contributed by atoms with Crippen LogP contribution >= 0.6 is 11.6 Å². The largest absolute Gasteiger partial charge is 0.368 e. The van der Waals surface area contributed by atoms with Gasteiger partial charge in [-0.3, -0.25) is 4.79 Å². The van der Waals surface area contributed by atoms with Crippen LogP contribution in [0.4, 0.5) is 5.82 Å². The van der Waals surface area contributed by atoms with E-state index in [9.17, 15) is 4.79 Å². The number of piperidine rings is 1. The molecule has 0 spiro atoms. The van der Waals surface area contributed by atoms with Gasteiger partial charge in [-0.15, -0.1) is 10.2 Å². The smallest absolute Gasteiger partial charge is 0.274 e. The van der Waals surface area contributed by atoms with E-state index in [1.807, 2.05) is 35.2 Å². The molecule has 1 fully saturated rings. The molecule has 25 heavy (non-hydrogen) atoms. The van der Waals surface area contributed by atoms with Crippen LogP contribution in [0, 0.1) is 5.92 Å². The predicted octanol–water partition coefficient (Wildman–Crippen LogP) is 3.66. The molecule has 0 bridgehead atoms. The molecule has 1 aromatic carbocycles. The van der Waals surface area contributed by atoms with Gasteiger partial charge < -0.3 is 10.2 Å². The summed E-state index contributed by atoms with van der Waals surface area (Å²) < 4.78 is 0. The van der Waals surface area contributed by atoms with Gasteiger partial charge in [0.15, 0.2) is 5.69 Å². The standard InChI is InChI=1S/C19H23ClN4O/c1-14-9-12-24(13-10-14)19(25)17-6-7-18(23-22-17)21-11-8-15-2-4-16(20)5-3-15/h2-7,14H,8-13H2,1H3,(H,21,23). The highest BCUT2D eigenvalue weighted by molar-refractivity contribution is 6.30. The SMILES string of the molecule is CC1CCN(C(=O)c2ccc(NCCc3ccc(Cl)cc3)nn2)CC1. The van der Waals surface area contributed by atoms with Crippen molar-refractivity contribution in [1.29, 1.82) is 0 Å². The van der Waals surface area contributed by atoms with Crippen LogP contribution in [-0.2, 0) is 6.42 Å². The second-order valence-electron chi connectivity index (χ2n) is 6.58. The summed E-state index contributed by atoms with van der Waals surface area (Å²) in [6.07, 6.45) is 2.98. The summed E-state index contributed by atoms with van der Waals surface area (Å²) in [5.41, 5.74) is 1.62. The molecule has 1 aliphatic rings. The highest BCUT2D eigenvalue weighted by Crippen LogP contribution is 2.17.